The van der Waals surface area contributed by atoms with Crippen LogP contribution in [0.2, 0.25) is 0 Å². The van der Waals surface area contributed by atoms with Crippen molar-refractivity contribution in [3.63, 3.8) is 0 Å². The number of hydrogen-bond donors (Lipinski definition) is 0. The predicted octanol–water partition coefficient (Wildman–Crippen LogP) is 2.56. The van der Waals surface area contributed by atoms with Crippen molar-refractivity contribution in [3.05, 3.63) is 53.3 Å². The van der Waals surface area contributed by atoms with Gasteiger partial charge in [-0.3, -0.25) is 9.59 Å². The number of allylic oxidation sites excluding steroid dienone is 1. The summed E-state index contributed by atoms with van der Waals surface area (Å²) in [5.41, 5.74) is 1.18. The molecule has 0 aliphatic carbocycles. The monoisotopic (exact) mass is 425 g/mol. The number of methoxy groups -OCH3 is 2. The van der Waals surface area contributed by atoms with Crippen LogP contribution in [-0.4, -0.2) is 63.7 Å². The lowest BCUT2D eigenvalue weighted by atomic mass is 10.1. The van der Waals surface area contributed by atoms with E-state index in [0.29, 0.717) is 54.9 Å². The second kappa shape index (κ2) is 9.09. The van der Waals surface area contributed by atoms with Crippen LogP contribution in [0.1, 0.15) is 15.9 Å². The number of ketones is 1. The number of nitrogens with zero attached hydrogens (tertiary/aromatic N) is 1. The zero-order valence-corrected chi connectivity index (χ0v) is 17.4. The van der Waals surface area contributed by atoms with Crippen molar-refractivity contribution in [3.8, 4) is 23.0 Å². The number of carbonyl (C=O) groups excluding carboxylic acids is 2. The Morgan fingerprint density at radius 1 is 1.06 bits per heavy atom. The highest BCUT2D eigenvalue weighted by atomic mass is 16.5. The van der Waals surface area contributed by atoms with E-state index in [9.17, 15) is 9.59 Å². The summed E-state index contributed by atoms with van der Waals surface area (Å²) in [4.78, 5) is 26.7. The van der Waals surface area contributed by atoms with Crippen LogP contribution in [-0.2, 0) is 9.53 Å². The van der Waals surface area contributed by atoms with Crippen LogP contribution in [0.5, 0.6) is 23.0 Å². The summed E-state index contributed by atoms with van der Waals surface area (Å²) < 4.78 is 27.2. The van der Waals surface area contributed by atoms with Crippen LogP contribution in [0, 0.1) is 0 Å². The van der Waals surface area contributed by atoms with Crippen LogP contribution in [0.4, 0.5) is 0 Å². The van der Waals surface area contributed by atoms with Gasteiger partial charge >= 0.3 is 0 Å². The maximum absolute atomic E-state index is 12.7. The number of fused-ring (bicyclic) bond motifs is 1. The van der Waals surface area contributed by atoms with Gasteiger partial charge in [-0.25, -0.2) is 0 Å². The van der Waals surface area contributed by atoms with Crippen molar-refractivity contribution < 1.29 is 33.3 Å². The minimum Gasteiger partial charge on any atom is -0.493 e. The molecule has 1 amide bonds. The Morgan fingerprint density at radius 3 is 2.58 bits per heavy atom. The standard InChI is InChI=1S/C23H23NO7/c1-27-18-6-3-15(11-20(18)28-2)12-21-23(26)17-5-4-16(13-19(17)31-21)30-14-22(25)24-7-9-29-10-8-24/h3-6,11-13H,7-10,14H2,1-2H3. The zero-order valence-electron chi connectivity index (χ0n) is 17.4. The Hall–Kier alpha value is -3.52. The van der Waals surface area contributed by atoms with Crippen LogP contribution in [0.15, 0.2) is 42.2 Å². The quantitative estimate of drug-likeness (QED) is 0.658. The Kier molecular flexibility index (Phi) is 6.08. The lowest BCUT2D eigenvalue weighted by Crippen LogP contribution is -2.42. The van der Waals surface area contributed by atoms with Crippen LogP contribution >= 0.6 is 0 Å². The number of amides is 1. The Morgan fingerprint density at radius 2 is 1.84 bits per heavy atom. The molecule has 0 unspecified atom stereocenters. The zero-order chi connectivity index (χ0) is 21.8. The summed E-state index contributed by atoms with van der Waals surface area (Å²) in [6.45, 7) is 2.12. The fourth-order valence-corrected chi connectivity index (χ4v) is 3.40. The van der Waals surface area contributed by atoms with Gasteiger partial charge in [-0.15, -0.1) is 0 Å². The maximum atomic E-state index is 12.7. The molecule has 31 heavy (non-hydrogen) atoms. The molecule has 0 saturated carbocycles. The van der Waals surface area contributed by atoms with E-state index in [2.05, 4.69) is 0 Å². The molecular weight excluding hydrogens is 402 g/mol. The molecule has 1 saturated heterocycles. The first-order chi connectivity index (χ1) is 15.1. The summed E-state index contributed by atoms with van der Waals surface area (Å²) >= 11 is 0. The number of morpholine rings is 1. The van der Waals surface area contributed by atoms with Gasteiger partial charge in [0.1, 0.15) is 11.5 Å². The summed E-state index contributed by atoms with van der Waals surface area (Å²) in [7, 11) is 3.11. The number of hydrogen-bond acceptors (Lipinski definition) is 7. The number of ether oxygens (including phenoxy) is 5. The molecule has 0 bridgehead atoms. The molecule has 2 heterocycles. The second-order valence-electron chi connectivity index (χ2n) is 6.99. The Bertz CT molecular complexity index is 1020. The summed E-state index contributed by atoms with van der Waals surface area (Å²) in [6.07, 6.45) is 1.65. The van der Waals surface area contributed by atoms with Gasteiger partial charge in [0.15, 0.2) is 23.9 Å². The topological polar surface area (TPSA) is 83.5 Å². The largest absolute Gasteiger partial charge is 0.493 e. The lowest BCUT2D eigenvalue weighted by molar-refractivity contribution is -0.137. The van der Waals surface area contributed by atoms with Crippen LogP contribution in [0.25, 0.3) is 6.08 Å². The molecular formula is C23H23NO7. The number of carbonyl (C=O) groups is 2. The van der Waals surface area contributed by atoms with Gasteiger partial charge < -0.3 is 28.6 Å². The smallest absolute Gasteiger partial charge is 0.260 e. The van der Waals surface area contributed by atoms with Gasteiger partial charge in [-0.2, -0.15) is 0 Å². The number of rotatable bonds is 6. The maximum Gasteiger partial charge on any atom is 0.260 e. The molecule has 2 aromatic rings. The molecule has 0 radical (unpaired) electrons. The normalized spacial score (nSPS) is 16.6. The highest BCUT2D eigenvalue weighted by molar-refractivity contribution is 6.14. The molecule has 8 heteroatoms. The molecule has 0 atom stereocenters. The average Bonchev–Trinajstić information content (AvgIpc) is 3.12. The summed E-state index contributed by atoms with van der Waals surface area (Å²) in [5.74, 6) is 1.88. The van der Waals surface area contributed by atoms with E-state index in [4.69, 9.17) is 23.7 Å². The fraction of sp³-hybridized carbons (Fsp3) is 0.304. The van der Waals surface area contributed by atoms with Crippen molar-refractivity contribution >= 4 is 17.8 Å². The summed E-state index contributed by atoms with van der Waals surface area (Å²) in [6, 6.07) is 10.2. The molecule has 4 rings (SSSR count). The van der Waals surface area contributed by atoms with E-state index in [1.807, 2.05) is 0 Å². The average molecular weight is 425 g/mol. The first-order valence-electron chi connectivity index (χ1n) is 9.87. The van der Waals surface area contributed by atoms with E-state index in [1.54, 1.807) is 61.6 Å². The van der Waals surface area contributed by atoms with E-state index >= 15 is 0 Å². The first kappa shape index (κ1) is 20.7. The molecule has 8 nitrogen and oxygen atoms in total. The SMILES string of the molecule is COc1ccc(C=C2Oc3cc(OCC(=O)N4CCOCC4)ccc3C2=O)cc1OC. The van der Waals surface area contributed by atoms with Gasteiger partial charge in [0.2, 0.25) is 5.78 Å². The van der Waals surface area contributed by atoms with Crippen molar-refractivity contribution in [2.24, 2.45) is 0 Å². The lowest BCUT2D eigenvalue weighted by Gasteiger charge is -2.26. The van der Waals surface area contributed by atoms with Crippen molar-refractivity contribution in [2.45, 2.75) is 0 Å². The number of Topliss-reactive ketones (excluding diaryl/α,β-unsaturated/α-hetero) is 1. The van der Waals surface area contributed by atoms with E-state index in [0.717, 1.165) is 5.56 Å². The Balaban J connectivity index is 1.45. The van der Waals surface area contributed by atoms with Crippen molar-refractivity contribution in [1.82, 2.24) is 4.90 Å². The van der Waals surface area contributed by atoms with Gasteiger partial charge in [-0.1, -0.05) is 6.07 Å². The van der Waals surface area contributed by atoms with E-state index in [1.165, 1.54) is 0 Å². The summed E-state index contributed by atoms with van der Waals surface area (Å²) in [5, 5.41) is 0. The van der Waals surface area contributed by atoms with Crippen molar-refractivity contribution in [1.29, 1.82) is 0 Å². The van der Waals surface area contributed by atoms with Crippen molar-refractivity contribution in [2.75, 3.05) is 47.1 Å². The third-order valence-corrected chi connectivity index (χ3v) is 5.07. The Labute approximate surface area is 179 Å². The molecule has 2 aliphatic rings. The van der Waals surface area contributed by atoms with E-state index < -0.39 is 0 Å². The molecule has 1 fully saturated rings. The first-order valence-corrected chi connectivity index (χ1v) is 9.87. The van der Waals surface area contributed by atoms with Gasteiger partial charge in [0, 0.05) is 19.2 Å². The third kappa shape index (κ3) is 4.49. The molecule has 2 aromatic carbocycles. The van der Waals surface area contributed by atoms with E-state index in [-0.39, 0.29) is 24.1 Å². The molecule has 2 aliphatic heterocycles. The molecule has 0 aromatic heterocycles. The number of benzene rings is 2. The molecule has 162 valence electrons. The van der Waals surface area contributed by atoms with Gasteiger partial charge in [0.05, 0.1) is 33.0 Å². The van der Waals surface area contributed by atoms with Crippen LogP contribution < -0.4 is 18.9 Å². The minimum absolute atomic E-state index is 0.0823. The van der Waals surface area contributed by atoms with Crippen LogP contribution in [0.3, 0.4) is 0 Å². The second-order valence-corrected chi connectivity index (χ2v) is 6.99. The van der Waals surface area contributed by atoms with Gasteiger partial charge in [-0.05, 0) is 35.9 Å². The minimum atomic E-state index is -0.222. The highest BCUT2D eigenvalue weighted by Crippen LogP contribution is 2.36. The predicted molar refractivity (Wildman–Crippen MR) is 112 cm³/mol. The molecule has 0 spiro atoms. The third-order valence-electron chi connectivity index (χ3n) is 5.07. The molecule has 0 N–H and O–H groups in total. The fourth-order valence-electron chi connectivity index (χ4n) is 3.40. The van der Waals surface area contributed by atoms with Gasteiger partial charge in [0.25, 0.3) is 5.91 Å². The highest BCUT2D eigenvalue weighted by Gasteiger charge is 2.28.